The standard InChI is InChI=1S/C9H7ClN2O2/c10-3-8(14)7-2-6(13)1-5(4-11)9(7)12/h1-2,13H,3,12H2. The van der Waals surface area contributed by atoms with E-state index in [4.69, 9.17) is 22.6 Å². The highest BCUT2D eigenvalue weighted by Gasteiger charge is 2.13. The fourth-order valence-corrected chi connectivity index (χ4v) is 1.18. The van der Waals surface area contributed by atoms with Crippen LogP contribution in [0.3, 0.4) is 0 Å². The molecule has 0 aliphatic rings. The fourth-order valence-electron chi connectivity index (χ4n) is 1.03. The summed E-state index contributed by atoms with van der Waals surface area (Å²) in [4.78, 5) is 11.2. The molecule has 0 spiro atoms. The minimum atomic E-state index is -0.420. The highest BCUT2D eigenvalue weighted by atomic mass is 35.5. The van der Waals surface area contributed by atoms with Gasteiger partial charge in [0.25, 0.3) is 0 Å². The monoisotopic (exact) mass is 210 g/mol. The Labute approximate surface area is 85.5 Å². The third-order valence-electron chi connectivity index (χ3n) is 1.71. The molecule has 0 aliphatic carbocycles. The summed E-state index contributed by atoms with van der Waals surface area (Å²) in [5, 5.41) is 17.8. The van der Waals surface area contributed by atoms with Crippen molar-refractivity contribution in [3.05, 3.63) is 23.3 Å². The van der Waals surface area contributed by atoms with Crippen molar-refractivity contribution < 1.29 is 9.90 Å². The maximum absolute atomic E-state index is 11.2. The zero-order chi connectivity index (χ0) is 10.7. The number of nitrogens with zero attached hydrogens (tertiary/aromatic N) is 1. The molecule has 0 aromatic heterocycles. The lowest BCUT2D eigenvalue weighted by atomic mass is 10.0. The topological polar surface area (TPSA) is 87.1 Å². The number of nitriles is 1. The van der Waals surface area contributed by atoms with Gasteiger partial charge in [-0.1, -0.05) is 0 Å². The number of hydrogen-bond donors (Lipinski definition) is 2. The van der Waals surface area contributed by atoms with Gasteiger partial charge in [0, 0.05) is 5.56 Å². The van der Waals surface area contributed by atoms with E-state index in [1.807, 2.05) is 0 Å². The Hall–Kier alpha value is -1.73. The summed E-state index contributed by atoms with van der Waals surface area (Å²) in [7, 11) is 0. The number of anilines is 1. The van der Waals surface area contributed by atoms with Crippen LogP contribution in [0.1, 0.15) is 15.9 Å². The second-order valence-electron chi connectivity index (χ2n) is 2.62. The lowest BCUT2D eigenvalue weighted by Crippen LogP contribution is -2.06. The second kappa shape index (κ2) is 3.99. The summed E-state index contributed by atoms with van der Waals surface area (Å²) in [6, 6.07) is 4.17. The average Bonchev–Trinajstić information content (AvgIpc) is 2.19. The van der Waals surface area contributed by atoms with Crippen LogP contribution in [0.25, 0.3) is 0 Å². The minimum absolute atomic E-state index is 0.0518. The van der Waals surface area contributed by atoms with E-state index >= 15 is 0 Å². The van der Waals surface area contributed by atoms with E-state index in [9.17, 15) is 9.90 Å². The van der Waals surface area contributed by atoms with Gasteiger partial charge in [-0.25, -0.2) is 0 Å². The van der Waals surface area contributed by atoms with Crippen LogP contribution in [-0.4, -0.2) is 16.8 Å². The van der Waals surface area contributed by atoms with E-state index in [2.05, 4.69) is 0 Å². The van der Waals surface area contributed by atoms with Crippen LogP contribution in [0.2, 0.25) is 0 Å². The summed E-state index contributed by atoms with van der Waals surface area (Å²) < 4.78 is 0. The fraction of sp³-hybridized carbons (Fsp3) is 0.111. The first kappa shape index (κ1) is 10.4. The maximum Gasteiger partial charge on any atom is 0.179 e. The first-order valence-corrected chi connectivity index (χ1v) is 4.25. The number of hydrogen-bond acceptors (Lipinski definition) is 4. The van der Waals surface area contributed by atoms with Gasteiger partial charge in [-0.05, 0) is 12.1 Å². The number of rotatable bonds is 2. The first-order chi connectivity index (χ1) is 6.60. The summed E-state index contributed by atoms with van der Waals surface area (Å²) >= 11 is 5.34. The highest BCUT2D eigenvalue weighted by molar-refractivity contribution is 6.31. The molecule has 5 heteroatoms. The van der Waals surface area contributed by atoms with Crippen molar-refractivity contribution in [2.24, 2.45) is 0 Å². The van der Waals surface area contributed by atoms with E-state index in [1.54, 1.807) is 6.07 Å². The van der Waals surface area contributed by atoms with Gasteiger partial charge in [0.15, 0.2) is 5.78 Å². The highest BCUT2D eigenvalue weighted by Crippen LogP contribution is 2.24. The van der Waals surface area contributed by atoms with Crippen LogP contribution < -0.4 is 5.73 Å². The van der Waals surface area contributed by atoms with Crippen LogP contribution in [0.15, 0.2) is 12.1 Å². The molecule has 0 bridgehead atoms. The van der Waals surface area contributed by atoms with Crippen LogP contribution in [-0.2, 0) is 0 Å². The second-order valence-corrected chi connectivity index (χ2v) is 2.89. The number of nitrogens with two attached hydrogens (primary N) is 1. The Morgan fingerprint density at radius 2 is 2.29 bits per heavy atom. The van der Waals surface area contributed by atoms with Gasteiger partial charge in [-0.2, -0.15) is 5.26 Å². The normalized spacial score (nSPS) is 9.43. The Morgan fingerprint density at radius 1 is 1.64 bits per heavy atom. The zero-order valence-electron chi connectivity index (χ0n) is 7.12. The third-order valence-corrected chi connectivity index (χ3v) is 1.95. The smallest absolute Gasteiger partial charge is 0.179 e. The van der Waals surface area contributed by atoms with Gasteiger partial charge in [0.1, 0.15) is 11.8 Å². The molecular weight excluding hydrogens is 204 g/mol. The van der Waals surface area contributed by atoms with E-state index < -0.39 is 5.78 Å². The molecule has 0 fully saturated rings. The predicted molar refractivity (Wildman–Crippen MR) is 52.3 cm³/mol. The number of halogens is 1. The quantitative estimate of drug-likeness (QED) is 0.333. The number of Topliss-reactive ketones (excluding diaryl/α,β-unsaturated/α-hetero) is 1. The van der Waals surface area contributed by atoms with Gasteiger partial charge >= 0.3 is 0 Å². The third kappa shape index (κ3) is 1.78. The van der Waals surface area contributed by atoms with Crippen molar-refractivity contribution in [2.75, 3.05) is 11.6 Å². The number of phenolic OH excluding ortho intramolecular Hbond substituents is 1. The molecular formula is C9H7ClN2O2. The van der Waals surface area contributed by atoms with Gasteiger partial charge in [0.2, 0.25) is 0 Å². The molecule has 4 nitrogen and oxygen atoms in total. The van der Waals surface area contributed by atoms with Crippen molar-refractivity contribution in [1.82, 2.24) is 0 Å². The van der Waals surface area contributed by atoms with E-state index in [0.29, 0.717) is 0 Å². The maximum atomic E-state index is 11.2. The van der Waals surface area contributed by atoms with E-state index in [1.165, 1.54) is 12.1 Å². The molecule has 0 atom stereocenters. The number of aromatic hydroxyl groups is 1. The molecule has 0 saturated heterocycles. The van der Waals surface area contributed by atoms with E-state index in [-0.39, 0.29) is 28.4 Å². The number of carbonyl (C=O) groups is 1. The van der Waals surface area contributed by atoms with Gasteiger partial charge in [0.05, 0.1) is 17.1 Å². The van der Waals surface area contributed by atoms with Crippen molar-refractivity contribution in [3.63, 3.8) is 0 Å². The van der Waals surface area contributed by atoms with Crippen molar-refractivity contribution >= 4 is 23.1 Å². The van der Waals surface area contributed by atoms with Crippen molar-refractivity contribution in [2.45, 2.75) is 0 Å². The molecule has 0 heterocycles. The number of benzene rings is 1. The summed E-state index contributed by atoms with van der Waals surface area (Å²) in [5.41, 5.74) is 5.73. The Bertz CT molecular complexity index is 424. The molecule has 1 rings (SSSR count). The van der Waals surface area contributed by atoms with Crippen LogP contribution >= 0.6 is 11.6 Å². The summed E-state index contributed by atoms with van der Waals surface area (Å²) in [5.74, 6) is -0.834. The van der Waals surface area contributed by atoms with Gasteiger partial charge < -0.3 is 10.8 Å². The SMILES string of the molecule is N#Cc1cc(O)cc(C(=O)CCl)c1N. The van der Waals surface area contributed by atoms with Crippen LogP contribution in [0, 0.1) is 11.3 Å². The molecule has 0 amide bonds. The van der Waals surface area contributed by atoms with Gasteiger partial charge in [-0.15, -0.1) is 11.6 Å². The lowest BCUT2D eigenvalue weighted by molar-refractivity contribution is 0.102. The average molecular weight is 211 g/mol. The number of ketones is 1. The van der Waals surface area contributed by atoms with Crippen molar-refractivity contribution in [3.8, 4) is 11.8 Å². The molecule has 0 saturated carbocycles. The lowest BCUT2D eigenvalue weighted by Gasteiger charge is -2.05. The van der Waals surface area contributed by atoms with Crippen LogP contribution in [0.4, 0.5) is 5.69 Å². The van der Waals surface area contributed by atoms with Crippen molar-refractivity contribution in [1.29, 1.82) is 5.26 Å². The molecule has 0 aliphatic heterocycles. The molecule has 0 unspecified atom stereocenters. The molecule has 72 valence electrons. The minimum Gasteiger partial charge on any atom is -0.508 e. The Balaban J connectivity index is 3.38. The Morgan fingerprint density at radius 3 is 2.79 bits per heavy atom. The van der Waals surface area contributed by atoms with Gasteiger partial charge in [-0.3, -0.25) is 4.79 Å². The number of nitrogen functional groups attached to an aromatic ring is 1. The summed E-state index contributed by atoms with van der Waals surface area (Å²) in [6.07, 6.45) is 0. The zero-order valence-corrected chi connectivity index (χ0v) is 7.88. The molecule has 3 N–H and O–H groups in total. The predicted octanol–water partition coefficient (Wildman–Crippen LogP) is 1.27. The molecule has 14 heavy (non-hydrogen) atoms. The molecule has 1 aromatic rings. The van der Waals surface area contributed by atoms with E-state index in [0.717, 1.165) is 0 Å². The molecule has 1 aromatic carbocycles. The molecule has 0 radical (unpaired) electrons. The first-order valence-electron chi connectivity index (χ1n) is 3.72. The Kier molecular flexibility index (Phi) is 2.95. The number of phenols is 1. The largest absolute Gasteiger partial charge is 0.508 e. The number of alkyl halides is 1. The van der Waals surface area contributed by atoms with Crippen LogP contribution in [0.5, 0.6) is 5.75 Å². The summed E-state index contributed by atoms with van der Waals surface area (Å²) in [6.45, 7) is 0. The number of carbonyl (C=O) groups excluding carboxylic acids is 1.